The summed E-state index contributed by atoms with van der Waals surface area (Å²) in [5.74, 6) is -0.684. The Labute approximate surface area is 130 Å². The van der Waals surface area contributed by atoms with Crippen LogP contribution < -0.4 is 5.32 Å². The zero-order chi connectivity index (χ0) is 16.0. The minimum Gasteiger partial charge on any atom is -0.480 e. The van der Waals surface area contributed by atoms with Crippen LogP contribution in [0.15, 0.2) is 0 Å². The fourth-order valence-electron chi connectivity index (χ4n) is 3.65. The Hall–Kier alpha value is -0.610. The Morgan fingerprint density at radius 2 is 2.00 bits per heavy atom. The lowest BCUT2D eigenvalue weighted by Gasteiger charge is -2.34. The normalized spacial score (nSPS) is 26.2. The number of nitrogens with one attached hydrogen (secondary N) is 1. The van der Waals surface area contributed by atoms with Crippen LogP contribution in [0.5, 0.6) is 0 Å². The topological polar surface area (TPSA) is 52.6 Å². The van der Waals surface area contributed by atoms with Gasteiger partial charge in [-0.05, 0) is 59.9 Å². The molecular weight excluding hydrogens is 264 g/mol. The van der Waals surface area contributed by atoms with Gasteiger partial charge in [0.1, 0.15) is 5.54 Å². The van der Waals surface area contributed by atoms with Crippen LogP contribution in [0.2, 0.25) is 0 Å². The predicted octanol–water partition coefficient (Wildman–Crippen LogP) is 3.26. The quantitative estimate of drug-likeness (QED) is 0.642. The van der Waals surface area contributed by atoms with Gasteiger partial charge in [-0.25, -0.2) is 0 Å². The summed E-state index contributed by atoms with van der Waals surface area (Å²) in [6, 6.07) is 1.08. The Morgan fingerprint density at radius 1 is 1.33 bits per heavy atom. The molecule has 0 amide bonds. The number of rotatable bonds is 9. The molecule has 0 bridgehead atoms. The highest BCUT2D eigenvalue weighted by Gasteiger charge is 2.47. The van der Waals surface area contributed by atoms with Crippen molar-refractivity contribution in [2.45, 2.75) is 96.8 Å². The fraction of sp³-hybridized carbons (Fsp3) is 0.941. The van der Waals surface area contributed by atoms with E-state index in [2.05, 4.69) is 31.0 Å². The first-order valence-corrected chi connectivity index (χ1v) is 8.59. The zero-order valence-electron chi connectivity index (χ0n) is 14.5. The molecule has 0 radical (unpaired) electrons. The molecule has 1 aliphatic carbocycles. The Morgan fingerprint density at radius 3 is 2.48 bits per heavy atom. The molecule has 2 N–H and O–H groups in total. The van der Waals surface area contributed by atoms with Gasteiger partial charge in [-0.3, -0.25) is 15.0 Å². The van der Waals surface area contributed by atoms with E-state index in [1.807, 2.05) is 13.8 Å². The molecule has 1 fully saturated rings. The van der Waals surface area contributed by atoms with Crippen LogP contribution in [0.3, 0.4) is 0 Å². The second-order valence-electron chi connectivity index (χ2n) is 7.12. The van der Waals surface area contributed by atoms with Crippen LogP contribution in [-0.2, 0) is 4.79 Å². The molecule has 21 heavy (non-hydrogen) atoms. The number of unbranched alkanes of at least 4 members (excludes halogenated alkanes) is 2. The maximum atomic E-state index is 11.8. The lowest BCUT2D eigenvalue weighted by atomic mass is 9.96. The first-order valence-electron chi connectivity index (χ1n) is 8.59. The Kier molecular flexibility index (Phi) is 7.14. The van der Waals surface area contributed by atoms with Gasteiger partial charge in [0.05, 0.1) is 0 Å². The van der Waals surface area contributed by atoms with E-state index in [1.54, 1.807) is 0 Å². The fourth-order valence-corrected chi connectivity index (χ4v) is 3.65. The molecule has 124 valence electrons. The van der Waals surface area contributed by atoms with E-state index >= 15 is 0 Å². The van der Waals surface area contributed by atoms with E-state index in [0.29, 0.717) is 12.1 Å². The average molecular weight is 298 g/mol. The number of aliphatic carboxylic acids is 1. The standard InChI is InChI=1S/C17H34N2O2/c1-6-7-8-11-19(14(4)5)15-9-10-17(12-15,16(20)21)18-13(2)3/h13-15,18H,6-12H2,1-5H3,(H,20,21). The lowest BCUT2D eigenvalue weighted by Crippen LogP contribution is -2.54. The van der Waals surface area contributed by atoms with Crippen LogP contribution >= 0.6 is 0 Å². The first-order chi connectivity index (χ1) is 9.82. The van der Waals surface area contributed by atoms with Crippen molar-refractivity contribution in [3.63, 3.8) is 0 Å². The highest BCUT2D eigenvalue weighted by molar-refractivity contribution is 5.79. The third-order valence-electron chi connectivity index (χ3n) is 4.61. The van der Waals surface area contributed by atoms with E-state index in [4.69, 9.17) is 0 Å². The maximum absolute atomic E-state index is 11.8. The second kappa shape index (κ2) is 8.14. The van der Waals surface area contributed by atoms with Gasteiger partial charge in [-0.1, -0.05) is 19.8 Å². The van der Waals surface area contributed by atoms with E-state index < -0.39 is 11.5 Å². The van der Waals surface area contributed by atoms with Crippen molar-refractivity contribution in [3.8, 4) is 0 Å². The summed E-state index contributed by atoms with van der Waals surface area (Å²) in [6.07, 6.45) is 6.14. The number of hydrogen-bond donors (Lipinski definition) is 2. The summed E-state index contributed by atoms with van der Waals surface area (Å²) in [6.45, 7) is 11.8. The Bertz CT molecular complexity index is 331. The van der Waals surface area contributed by atoms with E-state index in [-0.39, 0.29) is 6.04 Å². The van der Waals surface area contributed by atoms with Gasteiger partial charge in [-0.2, -0.15) is 0 Å². The van der Waals surface area contributed by atoms with E-state index in [1.165, 1.54) is 19.3 Å². The summed E-state index contributed by atoms with van der Waals surface area (Å²) in [5, 5.41) is 13.0. The molecule has 0 heterocycles. The molecule has 2 atom stereocenters. The number of hydrogen-bond acceptors (Lipinski definition) is 3. The molecule has 0 saturated heterocycles. The molecule has 0 aromatic carbocycles. The maximum Gasteiger partial charge on any atom is 0.323 e. The van der Waals surface area contributed by atoms with Crippen molar-refractivity contribution in [1.82, 2.24) is 10.2 Å². The van der Waals surface area contributed by atoms with Crippen molar-refractivity contribution >= 4 is 5.97 Å². The molecule has 4 nitrogen and oxygen atoms in total. The minimum absolute atomic E-state index is 0.201. The zero-order valence-corrected chi connectivity index (χ0v) is 14.5. The van der Waals surface area contributed by atoms with Crippen molar-refractivity contribution in [1.29, 1.82) is 0 Å². The van der Waals surface area contributed by atoms with Crippen molar-refractivity contribution in [3.05, 3.63) is 0 Å². The Balaban J connectivity index is 2.73. The van der Waals surface area contributed by atoms with E-state index in [0.717, 1.165) is 25.8 Å². The summed E-state index contributed by atoms with van der Waals surface area (Å²) >= 11 is 0. The van der Waals surface area contributed by atoms with Gasteiger partial charge < -0.3 is 5.11 Å². The van der Waals surface area contributed by atoms with Gasteiger partial charge in [0, 0.05) is 18.1 Å². The number of carbonyl (C=O) groups is 1. The summed E-state index contributed by atoms with van der Waals surface area (Å²) in [5.41, 5.74) is -0.725. The second-order valence-corrected chi connectivity index (χ2v) is 7.12. The first kappa shape index (κ1) is 18.4. The highest BCUT2D eigenvalue weighted by Crippen LogP contribution is 2.35. The predicted molar refractivity (Wildman–Crippen MR) is 87.6 cm³/mol. The molecular formula is C17H34N2O2. The van der Waals surface area contributed by atoms with Gasteiger partial charge in [0.25, 0.3) is 0 Å². The molecule has 0 aliphatic heterocycles. The van der Waals surface area contributed by atoms with Crippen LogP contribution in [0.25, 0.3) is 0 Å². The number of carboxylic acids is 1. The number of nitrogens with zero attached hydrogens (tertiary/aromatic N) is 1. The number of carboxylic acid groups (broad SMARTS) is 1. The van der Waals surface area contributed by atoms with Gasteiger partial charge in [0.15, 0.2) is 0 Å². The molecule has 1 aliphatic rings. The van der Waals surface area contributed by atoms with Crippen molar-refractivity contribution < 1.29 is 9.90 Å². The van der Waals surface area contributed by atoms with Crippen LogP contribution in [0.4, 0.5) is 0 Å². The summed E-state index contributed by atoms with van der Waals surface area (Å²) < 4.78 is 0. The van der Waals surface area contributed by atoms with Crippen LogP contribution in [0.1, 0.15) is 73.1 Å². The third kappa shape index (κ3) is 4.96. The largest absolute Gasteiger partial charge is 0.480 e. The summed E-state index contributed by atoms with van der Waals surface area (Å²) in [7, 11) is 0. The molecule has 2 unspecified atom stereocenters. The molecule has 4 heteroatoms. The van der Waals surface area contributed by atoms with Crippen LogP contribution in [-0.4, -0.2) is 46.2 Å². The molecule has 0 spiro atoms. The lowest BCUT2D eigenvalue weighted by molar-refractivity contribution is -0.145. The van der Waals surface area contributed by atoms with Crippen molar-refractivity contribution in [2.75, 3.05) is 6.54 Å². The monoisotopic (exact) mass is 298 g/mol. The molecule has 1 saturated carbocycles. The third-order valence-corrected chi connectivity index (χ3v) is 4.61. The SMILES string of the molecule is CCCCCN(C(C)C)C1CCC(NC(C)C)(C(=O)O)C1. The van der Waals surface area contributed by atoms with Crippen LogP contribution in [0, 0.1) is 0 Å². The smallest absolute Gasteiger partial charge is 0.323 e. The molecule has 1 rings (SSSR count). The van der Waals surface area contributed by atoms with Gasteiger partial charge >= 0.3 is 5.97 Å². The van der Waals surface area contributed by atoms with Crippen molar-refractivity contribution in [2.24, 2.45) is 0 Å². The molecule has 0 aromatic heterocycles. The van der Waals surface area contributed by atoms with E-state index in [9.17, 15) is 9.90 Å². The van der Waals surface area contributed by atoms with Gasteiger partial charge in [0.2, 0.25) is 0 Å². The summed E-state index contributed by atoms with van der Waals surface area (Å²) in [4.78, 5) is 14.3. The highest BCUT2D eigenvalue weighted by atomic mass is 16.4. The molecule has 0 aromatic rings. The average Bonchev–Trinajstić information content (AvgIpc) is 2.78. The minimum atomic E-state index is -0.725. The van der Waals surface area contributed by atoms with Gasteiger partial charge in [-0.15, -0.1) is 0 Å².